The molecule has 0 saturated carbocycles. The van der Waals surface area contributed by atoms with E-state index in [1.54, 1.807) is 0 Å². The molecular formula is C21H20N6. The zero-order valence-electron chi connectivity index (χ0n) is 14.8. The van der Waals surface area contributed by atoms with Crippen LogP contribution in [0.2, 0.25) is 0 Å². The summed E-state index contributed by atoms with van der Waals surface area (Å²) in [5, 5.41) is 11.2. The van der Waals surface area contributed by atoms with Crippen LogP contribution in [0.5, 0.6) is 0 Å². The van der Waals surface area contributed by atoms with Crippen LogP contribution in [0.25, 0.3) is 22.1 Å². The Morgan fingerprint density at radius 2 is 0.852 bits per heavy atom. The van der Waals surface area contributed by atoms with E-state index in [1.807, 2.05) is 0 Å². The molecule has 8 bridgehead atoms. The fraction of sp³-hybridized carbons (Fsp3) is 0.190. The van der Waals surface area contributed by atoms with Crippen molar-refractivity contribution in [2.45, 2.75) is 25.7 Å². The molecule has 134 valence electrons. The highest BCUT2D eigenvalue weighted by Gasteiger charge is 2.07. The Labute approximate surface area is 156 Å². The monoisotopic (exact) mass is 356 g/mol. The highest BCUT2D eigenvalue weighted by Crippen LogP contribution is 2.16. The molecule has 2 aliphatic rings. The van der Waals surface area contributed by atoms with Gasteiger partial charge >= 0.3 is 0 Å². The lowest BCUT2D eigenvalue weighted by molar-refractivity contribution is 1.02. The van der Waals surface area contributed by atoms with Crippen molar-refractivity contribution in [3.63, 3.8) is 0 Å². The fourth-order valence-corrected chi connectivity index (χ4v) is 3.44. The smallest absolute Gasteiger partial charge is 0.0831 e. The summed E-state index contributed by atoms with van der Waals surface area (Å²) < 4.78 is 0. The number of aryl methyl sites for hydroxylation is 4. The van der Waals surface area contributed by atoms with E-state index in [4.69, 9.17) is 20.8 Å². The molecule has 3 aromatic heterocycles. The molecule has 0 amide bonds. The van der Waals surface area contributed by atoms with E-state index in [2.05, 4.69) is 58.5 Å². The third-order valence-electron chi connectivity index (χ3n) is 4.60. The molecule has 0 atom stereocenters. The molecular weight excluding hydrogens is 336 g/mol. The summed E-state index contributed by atoms with van der Waals surface area (Å²) in [7, 11) is 0. The van der Waals surface area contributed by atoms with Crippen LogP contribution in [-0.2, 0) is 25.7 Å². The van der Waals surface area contributed by atoms with Crippen molar-refractivity contribution in [3.05, 3.63) is 71.3 Å². The molecule has 0 unspecified atom stereocenters. The number of hydrogen-bond acceptors (Lipinski definition) is 4. The van der Waals surface area contributed by atoms with Gasteiger partial charge < -0.3 is 9.97 Å². The van der Waals surface area contributed by atoms with Gasteiger partial charge in [0, 0.05) is 44.8 Å². The highest BCUT2D eigenvalue weighted by molar-refractivity contribution is 5.61. The standard InChI is InChI=1S/C20H18N4.CH2N2/c1-2-14-10-16-5-6-18(23-16)12-20-8-7-19(24-20)11-17-4-3-15(22-17)9-13(1)21-14;2-1-3/h1-2,7-12,21,24H,3-6H2;2-3H. The van der Waals surface area contributed by atoms with E-state index in [0.29, 0.717) is 0 Å². The zero-order valence-corrected chi connectivity index (χ0v) is 14.8. The van der Waals surface area contributed by atoms with Crippen LogP contribution in [0.3, 0.4) is 0 Å². The second kappa shape index (κ2) is 7.40. The first-order valence-electron chi connectivity index (χ1n) is 8.94. The van der Waals surface area contributed by atoms with Gasteiger partial charge in [0.2, 0.25) is 0 Å². The molecule has 0 saturated heterocycles. The van der Waals surface area contributed by atoms with Crippen molar-refractivity contribution < 1.29 is 0 Å². The molecule has 0 aromatic carbocycles. The quantitative estimate of drug-likeness (QED) is 0.453. The Morgan fingerprint density at radius 3 is 1.11 bits per heavy atom. The summed E-state index contributed by atoms with van der Waals surface area (Å²) in [4.78, 5) is 16.4. The Balaban J connectivity index is 0.000000565. The Bertz CT molecular complexity index is 997. The Kier molecular flexibility index (Phi) is 4.64. The van der Waals surface area contributed by atoms with E-state index in [0.717, 1.165) is 70.5 Å². The Hall–Kier alpha value is -3.50. The number of H-pyrrole nitrogens is 2. The van der Waals surface area contributed by atoms with Gasteiger partial charge in [0.25, 0.3) is 0 Å². The molecule has 0 aliphatic carbocycles. The Morgan fingerprint density at radius 1 is 0.593 bits per heavy atom. The van der Waals surface area contributed by atoms with Gasteiger partial charge in [-0.3, -0.25) is 9.97 Å². The predicted molar refractivity (Wildman–Crippen MR) is 106 cm³/mol. The van der Waals surface area contributed by atoms with E-state index in [-0.39, 0.29) is 0 Å². The van der Waals surface area contributed by atoms with Gasteiger partial charge in [-0.2, -0.15) is 0 Å². The first-order valence-corrected chi connectivity index (χ1v) is 8.94. The van der Waals surface area contributed by atoms with Crippen molar-refractivity contribution in [1.29, 1.82) is 10.8 Å². The minimum Gasteiger partial charge on any atom is -0.355 e. The van der Waals surface area contributed by atoms with Crippen LogP contribution in [0.4, 0.5) is 0 Å². The summed E-state index contributed by atoms with van der Waals surface area (Å²) in [6.45, 7) is 0. The second-order valence-corrected chi connectivity index (χ2v) is 6.63. The van der Waals surface area contributed by atoms with Crippen LogP contribution in [0.15, 0.2) is 48.5 Å². The maximum Gasteiger partial charge on any atom is 0.0831 e. The van der Waals surface area contributed by atoms with Gasteiger partial charge in [0.05, 0.1) is 6.01 Å². The molecule has 2 aliphatic heterocycles. The number of nitrogens with zero attached hydrogens (tertiary/aromatic N) is 2. The zero-order chi connectivity index (χ0) is 18.6. The highest BCUT2D eigenvalue weighted by atomic mass is 14.8. The van der Waals surface area contributed by atoms with Crippen LogP contribution >= 0.6 is 0 Å². The van der Waals surface area contributed by atoms with Crippen molar-refractivity contribution in [1.82, 2.24) is 19.9 Å². The molecule has 6 heteroatoms. The van der Waals surface area contributed by atoms with E-state index >= 15 is 0 Å². The molecule has 3 aromatic rings. The van der Waals surface area contributed by atoms with Crippen molar-refractivity contribution >= 4 is 28.1 Å². The molecule has 0 fully saturated rings. The summed E-state index contributed by atoms with van der Waals surface area (Å²) in [5.41, 5.74) is 8.94. The summed E-state index contributed by atoms with van der Waals surface area (Å²) in [5.74, 6) is 0. The molecule has 4 N–H and O–H groups in total. The van der Waals surface area contributed by atoms with Gasteiger partial charge in [-0.1, -0.05) is 0 Å². The second-order valence-electron chi connectivity index (χ2n) is 6.63. The minimum atomic E-state index is 0.994. The first kappa shape index (κ1) is 16.9. The largest absolute Gasteiger partial charge is 0.355 e. The van der Waals surface area contributed by atoms with Crippen molar-refractivity contribution in [2.75, 3.05) is 0 Å². The van der Waals surface area contributed by atoms with Crippen LogP contribution in [0.1, 0.15) is 22.8 Å². The molecule has 27 heavy (non-hydrogen) atoms. The van der Waals surface area contributed by atoms with Gasteiger partial charge in [-0.15, -0.1) is 0 Å². The van der Waals surface area contributed by atoms with Gasteiger partial charge in [0.15, 0.2) is 0 Å². The summed E-state index contributed by atoms with van der Waals surface area (Å²) in [6, 6.07) is 18.3. The minimum absolute atomic E-state index is 0.994. The van der Waals surface area contributed by atoms with Crippen LogP contribution in [0, 0.1) is 10.8 Å². The maximum absolute atomic E-state index is 5.62. The SMILES string of the molecule is N=C=N.c1cc2cc3nc(cc4ccc(cc5nc(cc1[nH]2)CC5)[nH]4)CC3. The summed E-state index contributed by atoms with van der Waals surface area (Å²) in [6.07, 6.45) is 3.98. The van der Waals surface area contributed by atoms with Gasteiger partial charge in [-0.05, 0) is 74.2 Å². The summed E-state index contributed by atoms with van der Waals surface area (Å²) >= 11 is 0. The van der Waals surface area contributed by atoms with Gasteiger partial charge in [0.1, 0.15) is 0 Å². The molecule has 0 spiro atoms. The molecule has 0 radical (unpaired) electrons. The van der Waals surface area contributed by atoms with Crippen LogP contribution < -0.4 is 0 Å². The number of hydrogen-bond donors (Lipinski definition) is 4. The van der Waals surface area contributed by atoms with E-state index in [9.17, 15) is 0 Å². The third kappa shape index (κ3) is 4.02. The van der Waals surface area contributed by atoms with Crippen LogP contribution in [-0.4, -0.2) is 25.9 Å². The number of fused-ring (bicyclic) bond motifs is 8. The maximum atomic E-state index is 5.62. The lowest BCUT2D eigenvalue weighted by Gasteiger charge is -1.85. The molecule has 5 rings (SSSR count). The number of rotatable bonds is 0. The predicted octanol–water partition coefficient (Wildman–Crippen LogP) is 4.20. The number of aromatic nitrogens is 4. The number of nitrogens with one attached hydrogen (secondary N) is 4. The normalized spacial score (nSPS) is 12.7. The van der Waals surface area contributed by atoms with E-state index < -0.39 is 0 Å². The lowest BCUT2D eigenvalue weighted by Crippen LogP contribution is -1.78. The van der Waals surface area contributed by atoms with Gasteiger partial charge in [-0.25, -0.2) is 10.8 Å². The van der Waals surface area contributed by atoms with Crippen molar-refractivity contribution in [2.24, 2.45) is 0 Å². The average molecular weight is 356 g/mol. The fourth-order valence-electron chi connectivity index (χ4n) is 3.44. The third-order valence-corrected chi connectivity index (χ3v) is 4.60. The first-order chi connectivity index (χ1) is 13.2. The molecule has 5 heterocycles. The molecule has 6 nitrogen and oxygen atoms in total. The average Bonchev–Trinajstić information content (AvgIpc) is 3.41. The lowest BCUT2D eigenvalue weighted by atomic mass is 10.2. The van der Waals surface area contributed by atoms with E-state index in [1.165, 1.54) is 6.01 Å². The van der Waals surface area contributed by atoms with Crippen molar-refractivity contribution in [3.8, 4) is 0 Å². The number of aromatic amines is 2. The topological polar surface area (TPSA) is 105 Å².